The van der Waals surface area contributed by atoms with Crippen molar-refractivity contribution in [3.8, 4) is 33.9 Å². The van der Waals surface area contributed by atoms with Crippen molar-refractivity contribution in [3.63, 3.8) is 0 Å². The molecule has 0 atom stereocenters. The predicted molar refractivity (Wildman–Crippen MR) is 137 cm³/mol. The van der Waals surface area contributed by atoms with Crippen molar-refractivity contribution < 1.29 is 4.79 Å². The second-order valence-corrected chi connectivity index (χ2v) is 8.70. The molecule has 0 saturated heterocycles. The molecule has 0 unspecified atom stereocenters. The van der Waals surface area contributed by atoms with Crippen LogP contribution in [0.3, 0.4) is 0 Å². The molecule has 4 aromatic carbocycles. The molecule has 1 aromatic heterocycles. The van der Waals surface area contributed by atoms with Gasteiger partial charge in [-0.2, -0.15) is 0 Å². The maximum Gasteiger partial charge on any atom is 0.193 e. The number of halogens is 1. The van der Waals surface area contributed by atoms with E-state index in [0.717, 1.165) is 37.5 Å². The molecule has 4 heteroatoms. The van der Waals surface area contributed by atoms with Crippen molar-refractivity contribution in [3.05, 3.63) is 124 Å². The number of benzene rings is 4. The fourth-order valence-electron chi connectivity index (χ4n) is 3.70. The number of rotatable bonds is 5. The first-order valence-corrected chi connectivity index (χ1v) is 11.4. The van der Waals surface area contributed by atoms with E-state index in [0.29, 0.717) is 11.1 Å². The van der Waals surface area contributed by atoms with Crippen LogP contribution in [-0.4, -0.2) is 15.8 Å². The normalized spacial score (nSPS) is 10.8. The Kier molecular flexibility index (Phi) is 5.69. The molecule has 3 nitrogen and oxygen atoms in total. The first kappa shape index (κ1) is 20.4. The zero-order valence-corrected chi connectivity index (χ0v) is 19.3. The SMILES string of the molecule is O=C(c1ccccc1)c1ccc(-c2[nH]c(-c3cccc(I)c3)nc2-c2ccccc2)cc1. The van der Waals surface area contributed by atoms with E-state index in [9.17, 15) is 4.79 Å². The molecule has 5 rings (SSSR count). The van der Waals surface area contributed by atoms with Gasteiger partial charge in [0.05, 0.1) is 11.4 Å². The lowest BCUT2D eigenvalue weighted by atomic mass is 10.00. The Bertz CT molecular complexity index is 1370. The lowest BCUT2D eigenvalue weighted by Crippen LogP contribution is -2.00. The minimum Gasteiger partial charge on any atom is -0.337 e. The van der Waals surface area contributed by atoms with E-state index in [2.05, 4.69) is 57.9 Å². The average molecular weight is 526 g/mol. The number of nitrogens with zero attached hydrogens (tertiary/aromatic N) is 1. The lowest BCUT2D eigenvalue weighted by Gasteiger charge is -2.05. The first-order chi connectivity index (χ1) is 15.7. The summed E-state index contributed by atoms with van der Waals surface area (Å²) < 4.78 is 1.16. The summed E-state index contributed by atoms with van der Waals surface area (Å²) in [5, 5.41) is 0. The molecule has 0 aliphatic rings. The Morgan fingerprint density at radius 1 is 0.656 bits per heavy atom. The summed E-state index contributed by atoms with van der Waals surface area (Å²) in [5.74, 6) is 0.839. The average Bonchev–Trinajstić information content (AvgIpc) is 3.30. The second-order valence-electron chi connectivity index (χ2n) is 7.46. The Morgan fingerprint density at radius 3 is 1.97 bits per heavy atom. The minimum absolute atomic E-state index is 0.0181. The third-order valence-electron chi connectivity index (χ3n) is 5.32. The summed E-state index contributed by atoms with van der Waals surface area (Å²) in [4.78, 5) is 21.3. The maximum atomic E-state index is 12.8. The van der Waals surface area contributed by atoms with Gasteiger partial charge in [-0.05, 0) is 34.7 Å². The van der Waals surface area contributed by atoms with Crippen molar-refractivity contribution in [1.82, 2.24) is 9.97 Å². The van der Waals surface area contributed by atoms with Gasteiger partial charge in [-0.15, -0.1) is 0 Å². The molecule has 0 aliphatic heterocycles. The van der Waals surface area contributed by atoms with E-state index in [1.165, 1.54) is 0 Å². The van der Waals surface area contributed by atoms with Crippen LogP contribution in [0.1, 0.15) is 15.9 Å². The number of hydrogen-bond acceptors (Lipinski definition) is 2. The largest absolute Gasteiger partial charge is 0.337 e. The van der Waals surface area contributed by atoms with Crippen LogP contribution in [0.2, 0.25) is 0 Å². The fraction of sp³-hybridized carbons (Fsp3) is 0. The number of aromatic nitrogens is 2. The summed E-state index contributed by atoms with van der Waals surface area (Å²) >= 11 is 2.31. The van der Waals surface area contributed by atoms with E-state index < -0.39 is 0 Å². The number of ketones is 1. The molecular formula is C28H19IN2O. The van der Waals surface area contributed by atoms with Gasteiger partial charge in [0, 0.05) is 31.4 Å². The van der Waals surface area contributed by atoms with Crippen LogP contribution in [0.5, 0.6) is 0 Å². The highest BCUT2D eigenvalue weighted by Gasteiger charge is 2.16. The molecule has 32 heavy (non-hydrogen) atoms. The van der Waals surface area contributed by atoms with Gasteiger partial charge in [-0.3, -0.25) is 4.79 Å². The van der Waals surface area contributed by atoms with E-state index >= 15 is 0 Å². The van der Waals surface area contributed by atoms with Gasteiger partial charge in [0.2, 0.25) is 0 Å². The quantitative estimate of drug-likeness (QED) is 0.194. The number of nitrogens with one attached hydrogen (secondary N) is 1. The summed E-state index contributed by atoms with van der Waals surface area (Å²) in [7, 11) is 0. The van der Waals surface area contributed by atoms with Crippen molar-refractivity contribution in [1.29, 1.82) is 0 Å². The van der Waals surface area contributed by atoms with Gasteiger partial charge in [-0.1, -0.05) is 97.1 Å². The molecule has 0 aliphatic carbocycles. The van der Waals surface area contributed by atoms with Crippen LogP contribution < -0.4 is 0 Å². The van der Waals surface area contributed by atoms with Crippen LogP contribution in [0.4, 0.5) is 0 Å². The molecule has 154 valence electrons. The molecule has 0 bridgehead atoms. The van der Waals surface area contributed by atoms with Gasteiger partial charge in [0.25, 0.3) is 0 Å². The summed E-state index contributed by atoms with van der Waals surface area (Å²) in [6.07, 6.45) is 0. The topological polar surface area (TPSA) is 45.8 Å². The number of imidazole rings is 1. The molecule has 0 amide bonds. The van der Waals surface area contributed by atoms with E-state index in [1.54, 1.807) is 0 Å². The van der Waals surface area contributed by atoms with Crippen molar-refractivity contribution in [2.45, 2.75) is 0 Å². The molecule has 1 N–H and O–H groups in total. The van der Waals surface area contributed by atoms with E-state index in [-0.39, 0.29) is 5.78 Å². The monoisotopic (exact) mass is 526 g/mol. The molecule has 0 radical (unpaired) electrons. The first-order valence-electron chi connectivity index (χ1n) is 10.3. The van der Waals surface area contributed by atoms with Gasteiger partial charge in [-0.25, -0.2) is 4.98 Å². The Hall–Kier alpha value is -3.51. The number of H-pyrrole nitrogens is 1. The third-order valence-corrected chi connectivity index (χ3v) is 5.99. The highest BCUT2D eigenvalue weighted by Crippen LogP contribution is 2.33. The van der Waals surface area contributed by atoms with Crippen molar-refractivity contribution in [2.75, 3.05) is 0 Å². The highest BCUT2D eigenvalue weighted by molar-refractivity contribution is 14.1. The Morgan fingerprint density at radius 2 is 1.28 bits per heavy atom. The van der Waals surface area contributed by atoms with Gasteiger partial charge in [0.1, 0.15) is 5.82 Å². The van der Waals surface area contributed by atoms with Gasteiger partial charge in [0.15, 0.2) is 5.78 Å². The number of carbonyl (C=O) groups excluding carboxylic acids is 1. The number of carbonyl (C=O) groups is 1. The Balaban J connectivity index is 1.57. The van der Waals surface area contributed by atoms with Gasteiger partial charge < -0.3 is 4.98 Å². The molecule has 1 heterocycles. The third kappa shape index (κ3) is 4.14. The molecule has 0 fully saturated rings. The minimum atomic E-state index is 0.0181. The second kappa shape index (κ2) is 8.93. The molecule has 0 spiro atoms. The predicted octanol–water partition coefficient (Wildman–Crippen LogP) is 7.25. The number of hydrogen-bond donors (Lipinski definition) is 1. The van der Waals surface area contributed by atoms with Crippen LogP contribution in [0.15, 0.2) is 109 Å². The standard InChI is InChI=1S/C28H19IN2O/c29-24-13-7-12-23(18-24)28-30-25(19-8-3-1-4-9-19)26(31-28)20-14-16-22(17-15-20)27(32)21-10-5-2-6-11-21/h1-18H,(H,30,31). The molecule has 0 saturated carbocycles. The summed E-state index contributed by atoms with van der Waals surface area (Å²) in [6.45, 7) is 0. The van der Waals surface area contributed by atoms with Crippen molar-refractivity contribution >= 4 is 28.4 Å². The fourth-order valence-corrected chi connectivity index (χ4v) is 4.25. The maximum absolute atomic E-state index is 12.8. The Labute approximate surface area is 200 Å². The molecular weight excluding hydrogens is 507 g/mol. The highest BCUT2D eigenvalue weighted by atomic mass is 127. The smallest absolute Gasteiger partial charge is 0.193 e. The zero-order valence-electron chi connectivity index (χ0n) is 17.1. The van der Waals surface area contributed by atoms with Crippen LogP contribution in [0.25, 0.3) is 33.9 Å². The van der Waals surface area contributed by atoms with Crippen molar-refractivity contribution in [2.24, 2.45) is 0 Å². The zero-order chi connectivity index (χ0) is 21.9. The van der Waals surface area contributed by atoms with E-state index in [1.807, 2.05) is 78.9 Å². The van der Waals surface area contributed by atoms with Crippen LogP contribution in [0, 0.1) is 3.57 Å². The summed E-state index contributed by atoms with van der Waals surface area (Å²) in [6, 6.07) is 35.5. The van der Waals surface area contributed by atoms with Crippen LogP contribution in [-0.2, 0) is 0 Å². The van der Waals surface area contributed by atoms with Gasteiger partial charge >= 0.3 is 0 Å². The van der Waals surface area contributed by atoms with E-state index in [4.69, 9.17) is 4.98 Å². The summed E-state index contributed by atoms with van der Waals surface area (Å²) in [5.41, 5.74) is 6.24. The van der Waals surface area contributed by atoms with Crippen LogP contribution >= 0.6 is 22.6 Å². The number of aromatic amines is 1. The molecule has 5 aromatic rings. The lowest BCUT2D eigenvalue weighted by molar-refractivity contribution is 0.103.